The minimum absolute atomic E-state index is 0.0237. The predicted octanol–water partition coefficient (Wildman–Crippen LogP) is 4.50. The molecule has 0 saturated carbocycles. The van der Waals surface area contributed by atoms with E-state index < -0.39 is 27.4 Å². The van der Waals surface area contributed by atoms with Crippen molar-refractivity contribution in [3.8, 4) is 5.75 Å². The highest BCUT2D eigenvalue weighted by molar-refractivity contribution is 7.07. The third-order valence-electron chi connectivity index (χ3n) is 7.01. The number of ether oxygens (including phenoxy) is 2. The van der Waals surface area contributed by atoms with E-state index in [-0.39, 0.29) is 30.2 Å². The maximum atomic E-state index is 14.0. The Labute approximate surface area is 254 Å². The van der Waals surface area contributed by atoms with Crippen molar-refractivity contribution in [3.63, 3.8) is 0 Å². The Bertz CT molecular complexity index is 2010. The van der Waals surface area contributed by atoms with Gasteiger partial charge in [0, 0.05) is 29.3 Å². The van der Waals surface area contributed by atoms with Gasteiger partial charge < -0.3 is 9.47 Å². The van der Waals surface area contributed by atoms with Crippen molar-refractivity contribution in [3.05, 3.63) is 140 Å². The molecule has 0 fully saturated rings. The predicted molar refractivity (Wildman–Crippen MR) is 162 cm³/mol. The quantitative estimate of drug-likeness (QED) is 0.152. The fourth-order valence-corrected chi connectivity index (χ4v) is 5.89. The van der Waals surface area contributed by atoms with Crippen LogP contribution in [0.1, 0.15) is 42.1 Å². The number of allylic oxidation sites excluding steroid dienone is 1. The van der Waals surface area contributed by atoms with Crippen LogP contribution >= 0.6 is 11.3 Å². The monoisotopic (exact) mass is 614 g/mol. The summed E-state index contributed by atoms with van der Waals surface area (Å²) < 4.78 is 13.0. The van der Waals surface area contributed by atoms with Gasteiger partial charge in [-0.25, -0.2) is 9.79 Å². The molecule has 0 radical (unpaired) electrons. The van der Waals surface area contributed by atoms with Crippen molar-refractivity contribution in [2.75, 3.05) is 6.61 Å². The van der Waals surface area contributed by atoms with Gasteiger partial charge in [-0.1, -0.05) is 41.7 Å². The van der Waals surface area contributed by atoms with Crippen molar-refractivity contribution < 1.29 is 24.1 Å². The Hall–Kier alpha value is -5.43. The van der Waals surface area contributed by atoms with E-state index in [0.29, 0.717) is 37.5 Å². The number of thiazole rings is 1. The summed E-state index contributed by atoms with van der Waals surface area (Å²) in [5.41, 5.74) is 2.00. The lowest BCUT2D eigenvalue weighted by molar-refractivity contribution is -0.385. The topological polar surface area (TPSA) is 156 Å². The zero-order chi connectivity index (χ0) is 31.5. The van der Waals surface area contributed by atoms with E-state index in [2.05, 4.69) is 4.99 Å². The molecule has 0 unspecified atom stereocenters. The summed E-state index contributed by atoms with van der Waals surface area (Å²) in [7, 11) is 0. The lowest BCUT2D eigenvalue weighted by Gasteiger charge is -2.24. The van der Waals surface area contributed by atoms with Gasteiger partial charge in [-0.2, -0.15) is 0 Å². The number of aromatic nitrogens is 1. The first-order valence-corrected chi connectivity index (χ1v) is 14.3. The zero-order valence-electron chi connectivity index (χ0n) is 23.9. The fourth-order valence-electron chi connectivity index (χ4n) is 4.85. The molecule has 1 atom stereocenters. The SMILES string of the molecule is CCOC(=O)C1=C(C)N=c2s/c(=C/c3ccccc3OCc3ccc([N+](=O)[O-])cc3)c(=O)n2[C@@H]1c1ccc(C)c([N+](=O)[O-])c1. The number of carbonyl (C=O) groups is 1. The van der Waals surface area contributed by atoms with Gasteiger partial charge in [0.05, 0.1) is 38.3 Å². The molecule has 13 heteroatoms. The van der Waals surface area contributed by atoms with Crippen molar-refractivity contribution in [1.29, 1.82) is 0 Å². The summed E-state index contributed by atoms with van der Waals surface area (Å²) >= 11 is 1.12. The molecule has 44 heavy (non-hydrogen) atoms. The van der Waals surface area contributed by atoms with E-state index in [1.165, 1.54) is 22.8 Å². The third kappa shape index (κ3) is 5.90. The molecule has 5 rings (SSSR count). The number of nitro benzene ring substituents is 2. The Morgan fingerprint density at radius 2 is 1.77 bits per heavy atom. The van der Waals surface area contributed by atoms with Gasteiger partial charge in [0.15, 0.2) is 4.80 Å². The number of nitrogens with zero attached hydrogens (tertiary/aromatic N) is 4. The van der Waals surface area contributed by atoms with Crippen LogP contribution < -0.4 is 19.6 Å². The summed E-state index contributed by atoms with van der Waals surface area (Å²) in [4.78, 5) is 53.7. The zero-order valence-corrected chi connectivity index (χ0v) is 24.7. The first kappa shape index (κ1) is 30.0. The van der Waals surface area contributed by atoms with Crippen LogP contribution in [0.25, 0.3) is 6.08 Å². The second-order valence-electron chi connectivity index (χ2n) is 9.86. The molecule has 224 valence electrons. The second kappa shape index (κ2) is 12.4. The molecule has 0 amide bonds. The van der Waals surface area contributed by atoms with Crippen molar-refractivity contribution >= 4 is 34.8 Å². The number of para-hydroxylation sites is 1. The maximum absolute atomic E-state index is 14.0. The summed E-state index contributed by atoms with van der Waals surface area (Å²) in [6.45, 7) is 5.15. The Morgan fingerprint density at radius 1 is 1.05 bits per heavy atom. The number of nitro groups is 2. The number of aryl methyl sites for hydroxylation is 1. The molecule has 0 aliphatic carbocycles. The Kier molecular flexibility index (Phi) is 8.49. The van der Waals surface area contributed by atoms with Crippen LogP contribution in [-0.4, -0.2) is 27.0 Å². The number of hydrogen-bond donors (Lipinski definition) is 0. The number of fused-ring (bicyclic) bond motifs is 1. The van der Waals surface area contributed by atoms with E-state index in [0.717, 1.165) is 16.9 Å². The average molecular weight is 615 g/mol. The average Bonchev–Trinajstić information content (AvgIpc) is 3.30. The lowest BCUT2D eigenvalue weighted by Crippen LogP contribution is -2.40. The highest BCUT2D eigenvalue weighted by Gasteiger charge is 2.34. The largest absolute Gasteiger partial charge is 0.488 e. The number of carbonyl (C=O) groups excluding carboxylic acids is 1. The minimum atomic E-state index is -1.000. The summed E-state index contributed by atoms with van der Waals surface area (Å²) in [6, 6.07) is 16.7. The Morgan fingerprint density at radius 3 is 2.45 bits per heavy atom. The molecule has 3 aromatic carbocycles. The molecule has 0 spiro atoms. The third-order valence-corrected chi connectivity index (χ3v) is 7.99. The molecule has 0 bridgehead atoms. The van der Waals surface area contributed by atoms with Gasteiger partial charge >= 0.3 is 5.97 Å². The van der Waals surface area contributed by atoms with Gasteiger partial charge in [-0.3, -0.25) is 29.6 Å². The molecule has 12 nitrogen and oxygen atoms in total. The molecule has 0 saturated heterocycles. The first-order chi connectivity index (χ1) is 21.1. The Balaban J connectivity index is 1.59. The van der Waals surface area contributed by atoms with Crippen molar-refractivity contribution in [2.45, 2.75) is 33.4 Å². The van der Waals surface area contributed by atoms with Gasteiger partial charge in [-0.15, -0.1) is 0 Å². The van der Waals surface area contributed by atoms with Crippen LogP contribution in [0.5, 0.6) is 5.75 Å². The highest BCUT2D eigenvalue weighted by atomic mass is 32.1. The minimum Gasteiger partial charge on any atom is -0.488 e. The van der Waals surface area contributed by atoms with Crippen LogP contribution in [0.4, 0.5) is 11.4 Å². The molecule has 1 aliphatic rings. The van der Waals surface area contributed by atoms with Crippen LogP contribution in [0, 0.1) is 27.2 Å². The van der Waals surface area contributed by atoms with E-state index in [1.54, 1.807) is 75.4 Å². The standard InChI is InChI=1S/C31H26N4O8S/c1-4-42-30(37)27-19(3)32-31-33(28(27)22-12-9-18(2)24(15-22)35(40)41)29(36)26(44-31)16-21-7-5-6-8-25(21)43-17-20-10-13-23(14-11-20)34(38)39/h5-16,28H,4,17H2,1-3H3/b26-16+/t28-/m1/s1. The lowest BCUT2D eigenvalue weighted by atomic mass is 9.94. The van der Waals surface area contributed by atoms with Gasteiger partial charge in [-0.05, 0) is 56.2 Å². The number of benzene rings is 3. The van der Waals surface area contributed by atoms with Crippen LogP contribution in [0.2, 0.25) is 0 Å². The summed E-state index contributed by atoms with van der Waals surface area (Å²) in [5, 5.41) is 22.7. The number of hydrogen-bond acceptors (Lipinski definition) is 10. The molecule has 0 N–H and O–H groups in total. The smallest absolute Gasteiger partial charge is 0.338 e. The number of non-ortho nitro benzene ring substituents is 1. The second-order valence-corrected chi connectivity index (χ2v) is 10.9. The highest BCUT2D eigenvalue weighted by Crippen LogP contribution is 2.33. The van der Waals surface area contributed by atoms with E-state index in [1.807, 2.05) is 0 Å². The van der Waals surface area contributed by atoms with Crippen molar-refractivity contribution in [2.24, 2.45) is 4.99 Å². The molecule has 1 aliphatic heterocycles. The van der Waals surface area contributed by atoms with E-state index in [4.69, 9.17) is 9.47 Å². The van der Waals surface area contributed by atoms with Crippen LogP contribution in [0.3, 0.4) is 0 Å². The van der Waals surface area contributed by atoms with Gasteiger partial charge in [0.1, 0.15) is 12.4 Å². The molecular formula is C31H26N4O8S. The van der Waals surface area contributed by atoms with E-state index >= 15 is 0 Å². The molecule has 2 heterocycles. The summed E-state index contributed by atoms with van der Waals surface area (Å²) in [5.74, 6) is -0.188. The van der Waals surface area contributed by atoms with E-state index in [9.17, 15) is 29.8 Å². The first-order valence-electron chi connectivity index (χ1n) is 13.5. The molecule has 1 aromatic heterocycles. The molecular weight excluding hydrogens is 588 g/mol. The van der Waals surface area contributed by atoms with Gasteiger partial charge in [0.2, 0.25) is 0 Å². The van der Waals surface area contributed by atoms with Crippen LogP contribution in [-0.2, 0) is 16.1 Å². The van der Waals surface area contributed by atoms with Gasteiger partial charge in [0.25, 0.3) is 16.9 Å². The number of esters is 1. The maximum Gasteiger partial charge on any atom is 0.338 e. The fraction of sp³-hybridized carbons (Fsp3) is 0.194. The molecule has 4 aromatic rings. The normalized spacial score (nSPS) is 14.5. The van der Waals surface area contributed by atoms with Crippen molar-refractivity contribution in [1.82, 2.24) is 4.57 Å². The van der Waals surface area contributed by atoms with Crippen LogP contribution in [0.15, 0.2) is 87.8 Å². The number of rotatable bonds is 9. The summed E-state index contributed by atoms with van der Waals surface area (Å²) in [6.07, 6.45) is 1.66.